The molecule has 2 atom stereocenters. The SMILES string of the molecule is CCCCOC(=O)C(NC(=O)OCCCl)C(C)CC. The first-order valence-electron chi connectivity index (χ1n) is 6.72. The highest BCUT2D eigenvalue weighted by molar-refractivity contribution is 6.18. The fourth-order valence-electron chi connectivity index (χ4n) is 1.38. The summed E-state index contributed by atoms with van der Waals surface area (Å²) in [5, 5.41) is 2.53. The van der Waals surface area contributed by atoms with E-state index in [1.807, 2.05) is 20.8 Å². The second kappa shape index (κ2) is 10.9. The quantitative estimate of drug-likeness (QED) is 0.403. The van der Waals surface area contributed by atoms with E-state index in [2.05, 4.69) is 5.32 Å². The van der Waals surface area contributed by atoms with Gasteiger partial charge < -0.3 is 14.8 Å². The number of carbonyl (C=O) groups is 2. The monoisotopic (exact) mass is 293 g/mol. The van der Waals surface area contributed by atoms with Gasteiger partial charge in [0.05, 0.1) is 12.5 Å². The zero-order chi connectivity index (χ0) is 14.7. The van der Waals surface area contributed by atoms with Crippen LogP contribution < -0.4 is 5.32 Å². The van der Waals surface area contributed by atoms with Crippen molar-refractivity contribution in [3.63, 3.8) is 0 Å². The molecule has 0 heterocycles. The maximum Gasteiger partial charge on any atom is 0.407 e. The van der Waals surface area contributed by atoms with E-state index in [9.17, 15) is 9.59 Å². The molecule has 0 aliphatic rings. The van der Waals surface area contributed by atoms with Crippen LogP contribution in [0.1, 0.15) is 40.0 Å². The third-order valence-corrected chi connectivity index (χ3v) is 2.95. The molecule has 0 aromatic rings. The Labute approximate surface area is 120 Å². The van der Waals surface area contributed by atoms with E-state index in [4.69, 9.17) is 21.1 Å². The maximum atomic E-state index is 11.9. The molecule has 1 N–H and O–H groups in total. The van der Waals surface area contributed by atoms with Gasteiger partial charge in [0, 0.05) is 0 Å². The number of rotatable bonds is 9. The van der Waals surface area contributed by atoms with Crippen molar-refractivity contribution in [3.05, 3.63) is 0 Å². The first-order chi connectivity index (χ1) is 9.06. The van der Waals surface area contributed by atoms with Crippen molar-refractivity contribution >= 4 is 23.7 Å². The van der Waals surface area contributed by atoms with E-state index >= 15 is 0 Å². The Balaban J connectivity index is 4.36. The second-order valence-electron chi connectivity index (χ2n) is 4.35. The summed E-state index contributed by atoms with van der Waals surface area (Å²) >= 11 is 5.42. The standard InChI is InChI=1S/C13H24ClNO4/c1-4-6-8-18-12(16)11(10(3)5-2)15-13(17)19-9-7-14/h10-11H,4-9H2,1-3H3,(H,15,17). The lowest BCUT2D eigenvalue weighted by atomic mass is 9.99. The van der Waals surface area contributed by atoms with Crippen LogP contribution in [0.3, 0.4) is 0 Å². The number of alkyl halides is 1. The summed E-state index contributed by atoms with van der Waals surface area (Å²) < 4.78 is 9.94. The van der Waals surface area contributed by atoms with E-state index < -0.39 is 18.1 Å². The number of halogens is 1. The van der Waals surface area contributed by atoms with Crippen molar-refractivity contribution < 1.29 is 19.1 Å². The fraction of sp³-hybridized carbons (Fsp3) is 0.846. The molecule has 0 radical (unpaired) electrons. The molecule has 2 unspecified atom stereocenters. The average molecular weight is 294 g/mol. The Kier molecular flexibility index (Phi) is 10.4. The predicted octanol–water partition coefficient (Wildman–Crippen LogP) is 2.71. The van der Waals surface area contributed by atoms with Gasteiger partial charge in [0.25, 0.3) is 0 Å². The molecular weight excluding hydrogens is 270 g/mol. The number of hydrogen-bond donors (Lipinski definition) is 1. The molecule has 6 heteroatoms. The molecule has 1 amide bonds. The van der Waals surface area contributed by atoms with Crippen molar-refractivity contribution in [2.75, 3.05) is 19.1 Å². The lowest BCUT2D eigenvalue weighted by molar-refractivity contribution is -0.147. The van der Waals surface area contributed by atoms with Gasteiger partial charge in [0.2, 0.25) is 0 Å². The van der Waals surface area contributed by atoms with Gasteiger partial charge in [-0.15, -0.1) is 11.6 Å². The van der Waals surface area contributed by atoms with Crippen molar-refractivity contribution in [1.82, 2.24) is 5.32 Å². The van der Waals surface area contributed by atoms with Gasteiger partial charge in [-0.3, -0.25) is 0 Å². The topological polar surface area (TPSA) is 64.6 Å². The number of nitrogens with one attached hydrogen (secondary N) is 1. The Morgan fingerprint density at radius 1 is 1.21 bits per heavy atom. The number of alkyl carbamates (subject to hydrolysis) is 1. The highest BCUT2D eigenvalue weighted by Crippen LogP contribution is 2.10. The number of carbonyl (C=O) groups excluding carboxylic acids is 2. The summed E-state index contributed by atoms with van der Waals surface area (Å²) in [6.45, 7) is 6.34. The Morgan fingerprint density at radius 2 is 1.89 bits per heavy atom. The highest BCUT2D eigenvalue weighted by atomic mass is 35.5. The number of unbranched alkanes of at least 4 members (excludes halogenated alkanes) is 1. The Bertz CT molecular complexity index is 273. The van der Waals surface area contributed by atoms with Crippen LogP contribution in [0.25, 0.3) is 0 Å². The van der Waals surface area contributed by atoms with Gasteiger partial charge in [-0.25, -0.2) is 9.59 Å². The molecule has 0 aromatic heterocycles. The summed E-state index contributed by atoms with van der Waals surface area (Å²) in [6, 6.07) is -0.676. The first kappa shape index (κ1) is 18.0. The van der Waals surface area contributed by atoms with E-state index in [1.165, 1.54) is 0 Å². The summed E-state index contributed by atoms with van der Waals surface area (Å²) in [6.07, 6.45) is 1.88. The molecule has 19 heavy (non-hydrogen) atoms. The van der Waals surface area contributed by atoms with Gasteiger partial charge in [-0.1, -0.05) is 33.6 Å². The lowest BCUT2D eigenvalue weighted by Crippen LogP contribution is -2.46. The third kappa shape index (κ3) is 7.93. The second-order valence-corrected chi connectivity index (χ2v) is 4.73. The minimum Gasteiger partial charge on any atom is -0.464 e. The minimum atomic E-state index is -0.676. The number of hydrogen-bond acceptors (Lipinski definition) is 4. The van der Waals surface area contributed by atoms with Crippen molar-refractivity contribution in [2.45, 2.75) is 46.1 Å². The van der Waals surface area contributed by atoms with Crippen LogP contribution in [0, 0.1) is 5.92 Å². The molecule has 0 fully saturated rings. The molecule has 0 aromatic carbocycles. The molecule has 112 valence electrons. The molecule has 0 bridgehead atoms. The molecule has 0 aliphatic carbocycles. The van der Waals surface area contributed by atoms with Crippen LogP contribution in [0.4, 0.5) is 4.79 Å². The van der Waals surface area contributed by atoms with Crippen LogP contribution in [-0.2, 0) is 14.3 Å². The van der Waals surface area contributed by atoms with Crippen LogP contribution in [0.15, 0.2) is 0 Å². The zero-order valence-corrected chi connectivity index (χ0v) is 12.7. The smallest absolute Gasteiger partial charge is 0.407 e. The summed E-state index contributed by atoms with van der Waals surface area (Å²) in [5.41, 5.74) is 0. The van der Waals surface area contributed by atoms with Crippen LogP contribution in [0.5, 0.6) is 0 Å². The van der Waals surface area contributed by atoms with Crippen LogP contribution in [0.2, 0.25) is 0 Å². The number of ether oxygens (including phenoxy) is 2. The molecule has 0 saturated heterocycles. The molecule has 0 spiro atoms. The fourth-order valence-corrected chi connectivity index (χ4v) is 1.45. The molecule has 0 saturated carbocycles. The molecule has 0 aliphatic heterocycles. The third-order valence-electron chi connectivity index (χ3n) is 2.79. The molecule has 0 rings (SSSR count). The predicted molar refractivity (Wildman–Crippen MR) is 74.3 cm³/mol. The van der Waals surface area contributed by atoms with E-state index in [-0.39, 0.29) is 18.4 Å². The molecule has 5 nitrogen and oxygen atoms in total. The molecular formula is C13H24ClNO4. The highest BCUT2D eigenvalue weighted by Gasteiger charge is 2.27. The number of esters is 1. The van der Waals surface area contributed by atoms with Crippen LogP contribution >= 0.6 is 11.6 Å². The average Bonchev–Trinajstić information content (AvgIpc) is 2.41. The minimum absolute atomic E-state index is 0.0160. The van der Waals surface area contributed by atoms with Crippen molar-refractivity contribution in [1.29, 1.82) is 0 Å². The van der Waals surface area contributed by atoms with Gasteiger partial charge in [-0.05, 0) is 12.3 Å². The Hall–Kier alpha value is -0.970. The van der Waals surface area contributed by atoms with Gasteiger partial charge >= 0.3 is 12.1 Å². The lowest BCUT2D eigenvalue weighted by Gasteiger charge is -2.22. The summed E-state index contributed by atoms with van der Waals surface area (Å²) in [5.74, 6) is -0.203. The van der Waals surface area contributed by atoms with Crippen molar-refractivity contribution in [3.8, 4) is 0 Å². The van der Waals surface area contributed by atoms with Crippen LogP contribution in [-0.4, -0.2) is 37.2 Å². The summed E-state index contributed by atoms with van der Waals surface area (Å²) in [7, 11) is 0. The van der Waals surface area contributed by atoms with E-state index in [1.54, 1.807) is 0 Å². The summed E-state index contributed by atoms with van der Waals surface area (Å²) in [4.78, 5) is 23.4. The van der Waals surface area contributed by atoms with E-state index in [0.29, 0.717) is 6.61 Å². The zero-order valence-electron chi connectivity index (χ0n) is 11.9. The largest absolute Gasteiger partial charge is 0.464 e. The van der Waals surface area contributed by atoms with Gasteiger partial charge in [-0.2, -0.15) is 0 Å². The van der Waals surface area contributed by atoms with Crippen molar-refractivity contribution in [2.24, 2.45) is 5.92 Å². The van der Waals surface area contributed by atoms with Gasteiger partial charge in [0.1, 0.15) is 12.6 Å². The van der Waals surface area contributed by atoms with Gasteiger partial charge in [0.15, 0.2) is 0 Å². The first-order valence-corrected chi connectivity index (χ1v) is 7.26. The Morgan fingerprint density at radius 3 is 2.42 bits per heavy atom. The number of amides is 1. The normalized spacial score (nSPS) is 13.5. The van der Waals surface area contributed by atoms with E-state index in [0.717, 1.165) is 19.3 Å². The maximum absolute atomic E-state index is 11.9.